The molecule has 1 amide bonds. The Kier molecular flexibility index (Phi) is 5.54. The van der Waals surface area contributed by atoms with Gasteiger partial charge >= 0.3 is 6.09 Å². The van der Waals surface area contributed by atoms with Crippen LogP contribution in [0.3, 0.4) is 0 Å². The zero-order chi connectivity index (χ0) is 27.6. The molecular weight excluding hydrogens is 482 g/mol. The van der Waals surface area contributed by atoms with Crippen molar-refractivity contribution in [2.45, 2.75) is 98.2 Å². The van der Waals surface area contributed by atoms with Gasteiger partial charge in [-0.25, -0.2) is 4.79 Å². The van der Waals surface area contributed by atoms with Crippen LogP contribution in [0.15, 0.2) is 23.3 Å². The van der Waals surface area contributed by atoms with Gasteiger partial charge in [0.15, 0.2) is 23.3 Å². The number of likely N-dealkylation sites (tertiary alicyclic amines) is 1. The van der Waals surface area contributed by atoms with Gasteiger partial charge in [-0.1, -0.05) is 46.8 Å². The Morgan fingerprint density at radius 3 is 2.58 bits per heavy atom. The van der Waals surface area contributed by atoms with Crippen molar-refractivity contribution >= 4 is 11.9 Å². The van der Waals surface area contributed by atoms with Gasteiger partial charge < -0.3 is 24.2 Å². The first kappa shape index (κ1) is 26.5. The van der Waals surface area contributed by atoms with E-state index in [1.165, 1.54) is 0 Å². The third-order valence-corrected chi connectivity index (χ3v) is 11.0. The standard InChI is InChI=1S/C31H45NO6/c1-17-14-30-18(2)12-21-22(28(21,5)6)20(23(30)33)13-19-15-36-29(7,8)38-25(19)31(30,35)24(17)37-26(34)32-11-9-10-27(3,4)16-32/h13-14,18,20-22,24-25,35H,9-12,15-16H2,1-8H3/t18-,20+,21-,22+,24+,25-,30+,31-/m1/s1. The Balaban J connectivity index is 1.46. The summed E-state index contributed by atoms with van der Waals surface area (Å²) in [6, 6.07) is 0. The fraction of sp³-hybridized carbons (Fsp3) is 0.806. The molecule has 0 aromatic heterocycles. The molecule has 6 aliphatic rings. The number of nitrogens with zero attached hydrogens (tertiary/aromatic N) is 1. The van der Waals surface area contributed by atoms with Gasteiger partial charge in [0, 0.05) is 19.0 Å². The predicted molar refractivity (Wildman–Crippen MR) is 142 cm³/mol. The van der Waals surface area contributed by atoms with E-state index in [9.17, 15) is 14.7 Å². The van der Waals surface area contributed by atoms with Gasteiger partial charge in [-0.3, -0.25) is 4.79 Å². The minimum atomic E-state index is -1.77. The molecule has 38 heavy (non-hydrogen) atoms. The number of fused-ring (bicyclic) bond motifs is 5. The summed E-state index contributed by atoms with van der Waals surface area (Å²) in [6.07, 6.45) is 4.54. The number of carbonyl (C=O) groups excluding carboxylic acids is 2. The lowest BCUT2D eigenvalue weighted by atomic mass is 9.59. The number of hydrogen-bond acceptors (Lipinski definition) is 6. The van der Waals surface area contributed by atoms with Gasteiger partial charge in [0.05, 0.1) is 12.0 Å². The van der Waals surface area contributed by atoms with Gasteiger partial charge in [-0.15, -0.1) is 0 Å². The lowest BCUT2D eigenvalue weighted by molar-refractivity contribution is -0.303. The Morgan fingerprint density at radius 1 is 1.18 bits per heavy atom. The fourth-order valence-corrected chi connectivity index (χ4v) is 9.05. The van der Waals surface area contributed by atoms with Crippen LogP contribution in [0.1, 0.15) is 74.7 Å². The van der Waals surface area contributed by atoms with E-state index in [4.69, 9.17) is 14.2 Å². The molecule has 7 heteroatoms. The first-order valence-corrected chi connectivity index (χ1v) is 14.5. The zero-order valence-electron chi connectivity index (χ0n) is 24.3. The lowest BCUT2D eigenvalue weighted by Crippen LogP contribution is -2.68. The average molecular weight is 528 g/mol. The van der Waals surface area contributed by atoms with Crippen LogP contribution in [0.5, 0.6) is 0 Å². The number of rotatable bonds is 1. The summed E-state index contributed by atoms with van der Waals surface area (Å²) < 4.78 is 18.8. The van der Waals surface area contributed by atoms with Crippen LogP contribution in [0.4, 0.5) is 4.79 Å². The summed E-state index contributed by atoms with van der Waals surface area (Å²) in [4.78, 5) is 30.1. The number of Topliss-reactive ketones (excluding diaryl/α,β-unsaturated/α-hetero) is 1. The van der Waals surface area contributed by atoms with Gasteiger partial charge in [0.1, 0.15) is 6.10 Å². The molecule has 2 saturated carbocycles. The monoisotopic (exact) mass is 527 g/mol. The van der Waals surface area contributed by atoms with E-state index in [1.807, 2.05) is 32.9 Å². The molecule has 7 nitrogen and oxygen atoms in total. The normalized spacial score (nSPS) is 45.9. The zero-order valence-corrected chi connectivity index (χ0v) is 24.3. The average Bonchev–Trinajstić information content (AvgIpc) is 3.30. The highest BCUT2D eigenvalue weighted by atomic mass is 16.7. The quantitative estimate of drug-likeness (QED) is 0.489. The number of aliphatic hydroxyl groups is 1. The summed E-state index contributed by atoms with van der Waals surface area (Å²) >= 11 is 0. The molecule has 0 unspecified atom stereocenters. The second-order valence-corrected chi connectivity index (χ2v) is 14.9. The van der Waals surface area contributed by atoms with Crippen molar-refractivity contribution in [2.75, 3.05) is 19.7 Å². The maximum Gasteiger partial charge on any atom is 0.410 e. The van der Waals surface area contributed by atoms with Gasteiger partial charge in [-0.2, -0.15) is 0 Å². The summed E-state index contributed by atoms with van der Waals surface area (Å²) in [5, 5.41) is 13.1. The van der Waals surface area contributed by atoms with E-state index < -0.39 is 35.1 Å². The molecule has 2 saturated heterocycles. The second kappa shape index (κ2) is 7.94. The number of ketones is 1. The molecule has 0 aromatic carbocycles. The number of hydrogen-bond donors (Lipinski definition) is 1. The van der Waals surface area contributed by atoms with Gasteiger partial charge in [-0.05, 0) is 79.8 Å². The van der Waals surface area contributed by atoms with Crippen LogP contribution in [0, 0.1) is 39.9 Å². The number of amides is 1. The maximum absolute atomic E-state index is 14.8. The summed E-state index contributed by atoms with van der Waals surface area (Å²) in [5.74, 6) is -0.783. The fourth-order valence-electron chi connectivity index (χ4n) is 9.05. The van der Waals surface area contributed by atoms with Crippen molar-refractivity contribution in [3.63, 3.8) is 0 Å². The van der Waals surface area contributed by atoms with E-state index in [-0.39, 0.29) is 41.0 Å². The molecule has 0 radical (unpaired) electrons. The first-order valence-electron chi connectivity index (χ1n) is 14.5. The Hall–Kier alpha value is -1.70. The van der Waals surface area contributed by atoms with Crippen molar-refractivity contribution in [3.8, 4) is 0 Å². The van der Waals surface area contributed by atoms with E-state index in [1.54, 1.807) is 4.90 Å². The minimum Gasteiger partial charge on any atom is -0.438 e. The summed E-state index contributed by atoms with van der Waals surface area (Å²) in [7, 11) is 0. The smallest absolute Gasteiger partial charge is 0.410 e. The molecule has 2 bridgehead atoms. The first-order chi connectivity index (χ1) is 17.5. The topological polar surface area (TPSA) is 85.3 Å². The number of carbonyl (C=O) groups is 2. The molecule has 2 heterocycles. The molecule has 8 atom stereocenters. The molecule has 6 rings (SSSR count). The van der Waals surface area contributed by atoms with E-state index in [0.717, 1.165) is 30.4 Å². The molecule has 4 aliphatic carbocycles. The van der Waals surface area contributed by atoms with Crippen LogP contribution in [0.25, 0.3) is 0 Å². The molecule has 2 aliphatic heterocycles. The van der Waals surface area contributed by atoms with Crippen LogP contribution in [-0.2, 0) is 19.0 Å². The number of ether oxygens (including phenoxy) is 3. The number of allylic oxidation sites excluding steroid dienone is 1. The Labute approximate surface area is 226 Å². The van der Waals surface area contributed by atoms with Crippen molar-refractivity contribution < 1.29 is 28.9 Å². The highest BCUT2D eigenvalue weighted by molar-refractivity contribution is 5.95. The molecular formula is C31H45NO6. The second-order valence-electron chi connectivity index (χ2n) is 14.9. The van der Waals surface area contributed by atoms with E-state index in [0.29, 0.717) is 19.0 Å². The van der Waals surface area contributed by atoms with Crippen molar-refractivity contribution in [1.29, 1.82) is 0 Å². The Morgan fingerprint density at radius 2 is 1.89 bits per heavy atom. The highest BCUT2D eigenvalue weighted by Crippen LogP contribution is 2.72. The van der Waals surface area contributed by atoms with E-state index in [2.05, 4.69) is 34.6 Å². The van der Waals surface area contributed by atoms with Gasteiger partial charge in [0.25, 0.3) is 0 Å². The third kappa shape index (κ3) is 3.43. The van der Waals surface area contributed by atoms with Crippen LogP contribution in [0.2, 0.25) is 0 Å². The largest absolute Gasteiger partial charge is 0.438 e. The van der Waals surface area contributed by atoms with Crippen molar-refractivity contribution in [3.05, 3.63) is 23.3 Å². The van der Waals surface area contributed by atoms with Crippen LogP contribution < -0.4 is 0 Å². The molecule has 1 spiro atoms. The lowest BCUT2D eigenvalue weighted by Gasteiger charge is -2.53. The SMILES string of the molecule is CC1=C[C@]23C(=O)[C@@H](C=C4COC(C)(C)O[C@H]4[C@]2(O)[C@H]1OC(=O)N1CCCC(C)(C)C1)[C@H]1[C@@H](C[C@H]3C)C1(C)C. The Bertz CT molecular complexity index is 1140. The van der Waals surface area contributed by atoms with Crippen molar-refractivity contribution in [2.24, 2.45) is 39.9 Å². The van der Waals surface area contributed by atoms with E-state index >= 15 is 0 Å². The highest BCUT2D eigenvalue weighted by Gasteiger charge is 2.77. The third-order valence-electron chi connectivity index (χ3n) is 11.0. The number of piperidine rings is 1. The molecule has 1 N–H and O–H groups in total. The van der Waals surface area contributed by atoms with Crippen LogP contribution in [-0.4, -0.2) is 65.2 Å². The molecule has 4 fully saturated rings. The molecule has 0 aromatic rings. The van der Waals surface area contributed by atoms with Crippen molar-refractivity contribution in [1.82, 2.24) is 4.90 Å². The predicted octanol–water partition coefficient (Wildman–Crippen LogP) is 4.88. The van der Waals surface area contributed by atoms with Crippen LogP contribution >= 0.6 is 0 Å². The summed E-state index contributed by atoms with van der Waals surface area (Å²) in [6.45, 7) is 18.0. The summed E-state index contributed by atoms with van der Waals surface area (Å²) in [5.41, 5.74) is -1.41. The molecule has 210 valence electrons. The van der Waals surface area contributed by atoms with Gasteiger partial charge in [0.2, 0.25) is 0 Å². The maximum atomic E-state index is 14.8. The minimum absolute atomic E-state index is 0.00877.